The van der Waals surface area contributed by atoms with Gasteiger partial charge in [-0.2, -0.15) is 5.26 Å². The Morgan fingerprint density at radius 2 is 1.81 bits per heavy atom. The van der Waals surface area contributed by atoms with Crippen molar-refractivity contribution in [2.24, 2.45) is 0 Å². The molecule has 0 radical (unpaired) electrons. The molecular formula is C25H24N2O5. The molecule has 7 nitrogen and oxygen atoms in total. The Balaban J connectivity index is 1.85. The summed E-state index contributed by atoms with van der Waals surface area (Å²) >= 11 is 0. The Morgan fingerprint density at radius 1 is 1.06 bits per heavy atom. The maximum Gasteiger partial charge on any atom is 0.304 e. The number of nitrogens with one attached hydrogen (secondary N) is 1. The highest BCUT2D eigenvalue weighted by Crippen LogP contribution is 2.33. The number of carbonyl (C=O) groups is 1. The molecule has 7 heteroatoms. The number of carbonyl (C=O) groups excluding carboxylic acids is 1. The van der Waals surface area contributed by atoms with Crippen LogP contribution in [0.15, 0.2) is 72.8 Å². The third kappa shape index (κ3) is 6.49. The maximum absolute atomic E-state index is 11.8. The molecular weight excluding hydrogens is 408 g/mol. The van der Waals surface area contributed by atoms with Crippen LogP contribution in [0.3, 0.4) is 0 Å². The van der Waals surface area contributed by atoms with E-state index in [2.05, 4.69) is 11.4 Å². The lowest BCUT2D eigenvalue weighted by atomic mass is 10.1. The number of benzene rings is 3. The Kier molecular flexibility index (Phi) is 8.07. The number of hydrogen-bond donors (Lipinski definition) is 2. The Labute approximate surface area is 186 Å². The molecule has 164 valence electrons. The first-order valence-corrected chi connectivity index (χ1v) is 10.1. The molecule has 3 rings (SSSR count). The normalized spacial score (nSPS) is 11.2. The van der Waals surface area contributed by atoms with E-state index >= 15 is 0 Å². The molecule has 0 bridgehead atoms. The van der Waals surface area contributed by atoms with Crippen LogP contribution in [-0.4, -0.2) is 24.3 Å². The van der Waals surface area contributed by atoms with Gasteiger partial charge in [0.2, 0.25) is 6.23 Å². The van der Waals surface area contributed by atoms with Crippen LogP contribution >= 0.6 is 0 Å². The van der Waals surface area contributed by atoms with E-state index in [1.54, 1.807) is 42.5 Å². The van der Waals surface area contributed by atoms with E-state index in [0.29, 0.717) is 34.9 Å². The summed E-state index contributed by atoms with van der Waals surface area (Å²) < 4.78 is 17.1. The summed E-state index contributed by atoms with van der Waals surface area (Å²) in [4.78, 5) is 11.8. The first kappa shape index (κ1) is 22.7. The number of ether oxygens (including phenoxy) is 3. The molecule has 0 saturated carbocycles. The first-order chi connectivity index (χ1) is 15.6. The highest BCUT2D eigenvalue weighted by Gasteiger charge is 2.20. The third-order valence-corrected chi connectivity index (χ3v) is 4.46. The molecule has 1 atom stereocenters. The Morgan fingerprint density at radius 3 is 2.47 bits per heavy atom. The van der Waals surface area contributed by atoms with Crippen LogP contribution in [-0.2, 0) is 16.1 Å². The van der Waals surface area contributed by atoms with Crippen molar-refractivity contribution in [1.29, 1.82) is 5.26 Å². The fourth-order valence-electron chi connectivity index (χ4n) is 2.97. The number of hydrogen-bond acceptors (Lipinski definition) is 7. The maximum atomic E-state index is 11.8. The molecule has 0 spiro atoms. The molecule has 0 aliphatic rings. The SMILES string of the molecule is CC(=O)OC(Nc1ccc(C#N)cc1)c1ccc(OCc2ccccc2)cc1OCCO. The van der Waals surface area contributed by atoms with Gasteiger partial charge < -0.3 is 24.6 Å². The van der Waals surface area contributed by atoms with Crippen molar-refractivity contribution in [3.8, 4) is 17.6 Å². The van der Waals surface area contributed by atoms with E-state index in [-0.39, 0.29) is 13.2 Å². The van der Waals surface area contributed by atoms with Crippen molar-refractivity contribution in [3.05, 3.63) is 89.5 Å². The molecule has 0 aliphatic heterocycles. The largest absolute Gasteiger partial charge is 0.491 e. The van der Waals surface area contributed by atoms with Crippen LogP contribution in [0, 0.1) is 11.3 Å². The standard InChI is InChI=1S/C25H24N2O5/c1-18(29)32-25(27-21-9-7-19(16-26)8-10-21)23-12-11-22(15-24(23)30-14-13-28)31-17-20-5-3-2-4-6-20/h2-12,15,25,27-28H,13-14,17H2,1H3. The summed E-state index contributed by atoms with van der Waals surface area (Å²) in [6, 6.07) is 23.8. The molecule has 32 heavy (non-hydrogen) atoms. The molecule has 3 aromatic rings. The molecule has 2 N–H and O–H groups in total. The summed E-state index contributed by atoms with van der Waals surface area (Å²) in [5.74, 6) is 0.510. The van der Waals surface area contributed by atoms with Gasteiger partial charge in [-0.3, -0.25) is 4.79 Å². The van der Waals surface area contributed by atoms with Gasteiger partial charge in [-0.1, -0.05) is 30.3 Å². The quantitative estimate of drug-likeness (QED) is 0.366. The Hall–Kier alpha value is -4.02. The zero-order valence-corrected chi connectivity index (χ0v) is 17.7. The number of esters is 1. The topological polar surface area (TPSA) is 101 Å². The predicted molar refractivity (Wildman–Crippen MR) is 119 cm³/mol. The second-order valence-electron chi connectivity index (χ2n) is 6.87. The number of aliphatic hydroxyl groups excluding tert-OH is 1. The van der Waals surface area contributed by atoms with Gasteiger partial charge in [0.05, 0.1) is 23.8 Å². The summed E-state index contributed by atoms with van der Waals surface area (Å²) in [5, 5.41) is 21.3. The first-order valence-electron chi connectivity index (χ1n) is 10.1. The molecule has 0 saturated heterocycles. The van der Waals surface area contributed by atoms with Crippen LogP contribution < -0.4 is 14.8 Å². The van der Waals surface area contributed by atoms with E-state index in [1.165, 1.54) is 6.92 Å². The minimum Gasteiger partial charge on any atom is -0.491 e. The van der Waals surface area contributed by atoms with Gasteiger partial charge in [0.1, 0.15) is 24.7 Å². The van der Waals surface area contributed by atoms with Crippen molar-refractivity contribution in [3.63, 3.8) is 0 Å². The van der Waals surface area contributed by atoms with E-state index in [9.17, 15) is 9.90 Å². The average molecular weight is 432 g/mol. The van der Waals surface area contributed by atoms with Crippen LogP contribution in [0.4, 0.5) is 5.69 Å². The summed E-state index contributed by atoms with van der Waals surface area (Å²) in [6.45, 7) is 1.60. The van der Waals surface area contributed by atoms with Gasteiger partial charge in [0, 0.05) is 18.7 Å². The molecule has 0 aliphatic carbocycles. The van der Waals surface area contributed by atoms with Crippen molar-refractivity contribution in [1.82, 2.24) is 0 Å². The lowest BCUT2D eigenvalue weighted by Gasteiger charge is -2.23. The fraction of sp³-hybridized carbons (Fsp3) is 0.200. The lowest BCUT2D eigenvalue weighted by Crippen LogP contribution is -2.19. The zero-order valence-electron chi connectivity index (χ0n) is 17.7. The van der Waals surface area contributed by atoms with E-state index in [0.717, 1.165) is 5.56 Å². The number of rotatable bonds is 10. The van der Waals surface area contributed by atoms with Crippen LogP contribution in [0.1, 0.15) is 29.8 Å². The summed E-state index contributed by atoms with van der Waals surface area (Å²) in [5.41, 5.74) is 2.76. The predicted octanol–water partition coefficient (Wildman–Crippen LogP) is 4.18. The van der Waals surface area contributed by atoms with Crippen molar-refractivity contribution >= 4 is 11.7 Å². The molecule has 3 aromatic carbocycles. The van der Waals surface area contributed by atoms with Crippen molar-refractivity contribution in [2.75, 3.05) is 18.5 Å². The molecule has 0 amide bonds. The fourth-order valence-corrected chi connectivity index (χ4v) is 2.97. The van der Waals surface area contributed by atoms with Gasteiger partial charge in [0.25, 0.3) is 0 Å². The van der Waals surface area contributed by atoms with Gasteiger partial charge in [-0.15, -0.1) is 0 Å². The number of nitrogens with zero attached hydrogens (tertiary/aromatic N) is 1. The number of aliphatic hydroxyl groups is 1. The third-order valence-electron chi connectivity index (χ3n) is 4.46. The average Bonchev–Trinajstić information content (AvgIpc) is 2.82. The van der Waals surface area contributed by atoms with Gasteiger partial charge >= 0.3 is 5.97 Å². The van der Waals surface area contributed by atoms with Gasteiger partial charge in [-0.25, -0.2) is 0 Å². The second kappa shape index (κ2) is 11.4. The Bertz CT molecular complexity index is 1060. The molecule has 1 unspecified atom stereocenters. The monoisotopic (exact) mass is 432 g/mol. The van der Waals surface area contributed by atoms with Crippen molar-refractivity contribution < 1.29 is 24.1 Å². The summed E-state index contributed by atoms with van der Waals surface area (Å²) in [7, 11) is 0. The lowest BCUT2D eigenvalue weighted by molar-refractivity contribution is -0.145. The van der Waals surface area contributed by atoms with E-state index < -0.39 is 12.2 Å². The molecule has 0 heterocycles. The highest BCUT2D eigenvalue weighted by molar-refractivity contribution is 5.67. The van der Waals surface area contributed by atoms with Crippen LogP contribution in [0.2, 0.25) is 0 Å². The smallest absolute Gasteiger partial charge is 0.304 e. The highest BCUT2D eigenvalue weighted by atomic mass is 16.6. The summed E-state index contributed by atoms with van der Waals surface area (Å²) in [6.07, 6.45) is -0.850. The number of anilines is 1. The van der Waals surface area contributed by atoms with Gasteiger partial charge in [-0.05, 0) is 42.0 Å². The molecule has 0 fully saturated rings. The van der Waals surface area contributed by atoms with Crippen LogP contribution in [0.25, 0.3) is 0 Å². The number of nitriles is 1. The minimum absolute atomic E-state index is 0.0683. The van der Waals surface area contributed by atoms with E-state index in [4.69, 9.17) is 19.5 Å². The minimum atomic E-state index is -0.850. The van der Waals surface area contributed by atoms with Gasteiger partial charge in [0.15, 0.2) is 0 Å². The zero-order chi connectivity index (χ0) is 22.8. The second-order valence-corrected chi connectivity index (χ2v) is 6.87. The molecule has 0 aromatic heterocycles. The van der Waals surface area contributed by atoms with E-state index in [1.807, 2.05) is 30.3 Å². The van der Waals surface area contributed by atoms with Crippen molar-refractivity contribution in [2.45, 2.75) is 19.8 Å². The van der Waals surface area contributed by atoms with Crippen LogP contribution in [0.5, 0.6) is 11.5 Å².